The highest BCUT2D eigenvalue weighted by Gasteiger charge is 2.25. The number of halogens is 6. The van der Waals surface area contributed by atoms with Crippen molar-refractivity contribution in [2.45, 2.75) is 0 Å². The third-order valence-corrected chi connectivity index (χ3v) is 4.82. The average Bonchev–Trinajstić information content (AvgIpc) is 2.43. The van der Waals surface area contributed by atoms with Crippen LogP contribution in [0.2, 0.25) is 25.1 Å². The molecule has 2 rings (SSSR count). The van der Waals surface area contributed by atoms with Crippen LogP contribution in [0.1, 0.15) is 10.4 Å². The van der Waals surface area contributed by atoms with Crippen molar-refractivity contribution < 1.29 is 14.3 Å². The Morgan fingerprint density at radius 1 is 0.952 bits per heavy atom. The molecule has 1 N–H and O–H groups in total. The highest BCUT2D eigenvalue weighted by Crippen LogP contribution is 2.48. The Kier molecular flexibility index (Phi) is 4.85. The molecule has 0 aliphatic carbocycles. The summed E-state index contributed by atoms with van der Waals surface area (Å²) in [4.78, 5) is 14.7. The maximum Gasteiger partial charge on any atom is 0.337 e. The molecule has 0 atom stereocenters. The van der Waals surface area contributed by atoms with E-state index in [0.29, 0.717) is 0 Å². The van der Waals surface area contributed by atoms with E-state index in [1.807, 2.05) is 0 Å². The zero-order valence-corrected chi connectivity index (χ0v) is 13.5. The van der Waals surface area contributed by atoms with Crippen LogP contribution in [0.4, 0.5) is 4.39 Å². The lowest BCUT2D eigenvalue weighted by molar-refractivity contribution is 0.0697. The summed E-state index contributed by atoms with van der Waals surface area (Å²) in [5, 5.41) is 8.45. The molecular formula is C12H3Cl5FNO2. The molecule has 21 heavy (non-hydrogen) atoms. The largest absolute Gasteiger partial charge is 0.478 e. The van der Waals surface area contributed by atoms with Crippen LogP contribution in [0, 0.1) is 5.95 Å². The van der Waals surface area contributed by atoms with E-state index >= 15 is 0 Å². The molecular weight excluding hydrogens is 386 g/mol. The van der Waals surface area contributed by atoms with E-state index < -0.39 is 11.9 Å². The van der Waals surface area contributed by atoms with Crippen molar-refractivity contribution >= 4 is 64.0 Å². The van der Waals surface area contributed by atoms with Gasteiger partial charge in [0.2, 0.25) is 5.95 Å². The van der Waals surface area contributed by atoms with Gasteiger partial charge in [0.05, 0.1) is 36.4 Å². The zero-order valence-electron chi connectivity index (χ0n) is 9.73. The Hall–Kier alpha value is -0.780. The van der Waals surface area contributed by atoms with Gasteiger partial charge in [0.1, 0.15) is 0 Å². The van der Waals surface area contributed by atoms with E-state index in [2.05, 4.69) is 4.98 Å². The molecule has 3 nitrogen and oxygen atoms in total. The van der Waals surface area contributed by atoms with Gasteiger partial charge in [-0.2, -0.15) is 4.39 Å². The number of carbonyl (C=O) groups is 1. The van der Waals surface area contributed by atoms with E-state index in [-0.39, 0.29) is 41.9 Å². The Bertz CT molecular complexity index is 737. The summed E-state index contributed by atoms with van der Waals surface area (Å²) in [6, 6.07) is 1.93. The number of carboxylic acids is 1. The number of aromatic carboxylic acids is 1. The van der Waals surface area contributed by atoms with Crippen molar-refractivity contribution in [3.63, 3.8) is 0 Å². The zero-order chi connectivity index (χ0) is 15.9. The first-order valence-corrected chi connectivity index (χ1v) is 7.06. The molecule has 2 aromatic rings. The normalized spacial score (nSPS) is 10.8. The van der Waals surface area contributed by atoms with Crippen molar-refractivity contribution in [2.75, 3.05) is 0 Å². The first kappa shape index (κ1) is 16.6. The van der Waals surface area contributed by atoms with E-state index in [9.17, 15) is 9.18 Å². The average molecular weight is 389 g/mol. The third kappa shape index (κ3) is 2.91. The lowest BCUT2D eigenvalue weighted by Crippen LogP contribution is -2.04. The van der Waals surface area contributed by atoms with Crippen molar-refractivity contribution in [2.24, 2.45) is 0 Å². The third-order valence-electron chi connectivity index (χ3n) is 2.54. The molecule has 0 spiro atoms. The summed E-state index contributed by atoms with van der Waals surface area (Å²) in [5.41, 5.74) is -0.706. The minimum absolute atomic E-state index is 0.0923. The van der Waals surface area contributed by atoms with Crippen LogP contribution >= 0.6 is 58.0 Å². The Balaban J connectivity index is 2.92. The molecule has 0 saturated carbocycles. The Labute approximate surface area is 143 Å². The van der Waals surface area contributed by atoms with Crippen LogP contribution in [0.5, 0.6) is 0 Å². The fourth-order valence-corrected chi connectivity index (χ4v) is 2.93. The fraction of sp³-hybridized carbons (Fsp3) is 0. The molecule has 0 radical (unpaired) electrons. The fourth-order valence-electron chi connectivity index (χ4n) is 1.61. The van der Waals surface area contributed by atoms with Crippen molar-refractivity contribution in [3.8, 4) is 11.3 Å². The van der Waals surface area contributed by atoms with E-state index in [4.69, 9.17) is 63.1 Å². The smallest absolute Gasteiger partial charge is 0.337 e. The standard InChI is InChI=1S/C12H3Cl5FNO2/c13-6-5(7(14)9(16)10(17)8(6)15)11-3(12(20)21)1-2-4(18)19-11/h1-2H,(H,20,21). The summed E-state index contributed by atoms with van der Waals surface area (Å²) in [7, 11) is 0. The monoisotopic (exact) mass is 387 g/mol. The molecule has 0 saturated heterocycles. The molecule has 9 heteroatoms. The predicted molar refractivity (Wildman–Crippen MR) is 81.6 cm³/mol. The molecule has 0 aliphatic heterocycles. The van der Waals surface area contributed by atoms with Crippen LogP contribution in [-0.4, -0.2) is 16.1 Å². The van der Waals surface area contributed by atoms with Crippen LogP contribution in [0.25, 0.3) is 11.3 Å². The second kappa shape index (κ2) is 6.15. The van der Waals surface area contributed by atoms with E-state index in [1.165, 1.54) is 0 Å². The van der Waals surface area contributed by atoms with Gasteiger partial charge in [-0.3, -0.25) is 0 Å². The second-order valence-electron chi connectivity index (χ2n) is 3.78. The van der Waals surface area contributed by atoms with Gasteiger partial charge in [0, 0.05) is 5.56 Å². The highest BCUT2D eigenvalue weighted by atomic mass is 35.5. The summed E-state index contributed by atoms with van der Waals surface area (Å²) in [6.07, 6.45) is 0. The second-order valence-corrected chi connectivity index (χ2v) is 5.67. The highest BCUT2D eigenvalue weighted by molar-refractivity contribution is 6.56. The van der Waals surface area contributed by atoms with Gasteiger partial charge in [-0.15, -0.1) is 0 Å². The van der Waals surface area contributed by atoms with E-state index in [1.54, 1.807) is 0 Å². The van der Waals surface area contributed by atoms with Gasteiger partial charge in [-0.05, 0) is 12.1 Å². The first-order chi connectivity index (χ1) is 9.75. The van der Waals surface area contributed by atoms with Crippen molar-refractivity contribution in [1.29, 1.82) is 0 Å². The lowest BCUT2D eigenvalue weighted by atomic mass is 10.1. The molecule has 1 aromatic carbocycles. The maximum absolute atomic E-state index is 13.4. The minimum Gasteiger partial charge on any atom is -0.478 e. The van der Waals surface area contributed by atoms with E-state index in [0.717, 1.165) is 12.1 Å². The van der Waals surface area contributed by atoms with Gasteiger partial charge >= 0.3 is 5.97 Å². The number of benzene rings is 1. The maximum atomic E-state index is 13.4. The number of aromatic nitrogens is 1. The summed E-state index contributed by atoms with van der Waals surface area (Å²) in [6.45, 7) is 0. The molecule has 0 amide bonds. The summed E-state index contributed by atoms with van der Waals surface area (Å²) < 4.78 is 13.4. The summed E-state index contributed by atoms with van der Waals surface area (Å²) >= 11 is 29.7. The van der Waals surface area contributed by atoms with Gasteiger partial charge in [-0.1, -0.05) is 58.0 Å². The number of rotatable bonds is 2. The minimum atomic E-state index is -1.34. The van der Waals surface area contributed by atoms with Crippen LogP contribution < -0.4 is 0 Å². The molecule has 110 valence electrons. The first-order valence-electron chi connectivity index (χ1n) is 5.17. The lowest BCUT2D eigenvalue weighted by Gasteiger charge is -2.13. The molecule has 0 unspecified atom stereocenters. The number of nitrogens with zero attached hydrogens (tertiary/aromatic N) is 1. The number of hydrogen-bond donors (Lipinski definition) is 1. The molecule has 0 fully saturated rings. The van der Waals surface area contributed by atoms with Gasteiger partial charge in [0.25, 0.3) is 0 Å². The van der Waals surface area contributed by atoms with Crippen LogP contribution in [-0.2, 0) is 0 Å². The van der Waals surface area contributed by atoms with Crippen molar-refractivity contribution in [1.82, 2.24) is 4.98 Å². The van der Waals surface area contributed by atoms with Crippen LogP contribution in [0.3, 0.4) is 0 Å². The van der Waals surface area contributed by atoms with Gasteiger partial charge < -0.3 is 5.11 Å². The Morgan fingerprint density at radius 2 is 1.43 bits per heavy atom. The molecule has 0 aliphatic rings. The summed E-state index contributed by atoms with van der Waals surface area (Å²) in [5.74, 6) is -2.25. The molecule has 1 aromatic heterocycles. The molecule has 1 heterocycles. The van der Waals surface area contributed by atoms with Crippen molar-refractivity contribution in [3.05, 3.63) is 48.8 Å². The quantitative estimate of drug-likeness (QED) is 0.398. The number of hydrogen-bond acceptors (Lipinski definition) is 2. The topological polar surface area (TPSA) is 50.2 Å². The molecule has 0 bridgehead atoms. The number of pyridine rings is 1. The SMILES string of the molecule is O=C(O)c1ccc(F)nc1-c1c(Cl)c(Cl)c(Cl)c(Cl)c1Cl. The van der Waals surface area contributed by atoms with Crippen LogP contribution in [0.15, 0.2) is 12.1 Å². The number of carboxylic acid groups (broad SMARTS) is 1. The van der Waals surface area contributed by atoms with Gasteiger partial charge in [-0.25, -0.2) is 9.78 Å². The Morgan fingerprint density at radius 3 is 1.90 bits per heavy atom. The van der Waals surface area contributed by atoms with Gasteiger partial charge in [0.15, 0.2) is 0 Å². The predicted octanol–water partition coefficient (Wildman–Crippen LogP) is 5.85.